The van der Waals surface area contributed by atoms with E-state index in [2.05, 4.69) is 21.1 Å². The molecule has 19 heavy (non-hydrogen) atoms. The molecule has 0 aliphatic heterocycles. The molecule has 0 saturated heterocycles. The van der Waals surface area contributed by atoms with Crippen molar-refractivity contribution in [2.45, 2.75) is 17.2 Å². The molecule has 0 bridgehead atoms. The lowest BCUT2D eigenvalue weighted by Gasteiger charge is -2.19. The molecule has 2 N–H and O–H groups in total. The van der Waals surface area contributed by atoms with E-state index in [1.54, 1.807) is 0 Å². The summed E-state index contributed by atoms with van der Waals surface area (Å²) in [7, 11) is -4.96. The molecule has 0 aromatic heterocycles. The monoisotopic (exact) mass is 371 g/mol. The second-order valence-electron chi connectivity index (χ2n) is 3.34. The van der Waals surface area contributed by atoms with Gasteiger partial charge in [0.05, 0.1) is 16.0 Å². The van der Waals surface area contributed by atoms with Crippen molar-refractivity contribution >= 4 is 26.0 Å². The molecule has 0 amide bonds. The summed E-state index contributed by atoms with van der Waals surface area (Å²) in [6.07, 6.45) is -10.9. The number of hydrogen-bond donors (Lipinski definition) is 1. The quantitative estimate of drug-likeness (QED) is 0.771. The highest BCUT2D eigenvalue weighted by Gasteiger charge is 2.48. The van der Waals surface area contributed by atoms with Gasteiger partial charge in [0.25, 0.3) is 0 Å². The van der Waals surface area contributed by atoms with E-state index in [9.17, 15) is 34.8 Å². The summed E-state index contributed by atoms with van der Waals surface area (Å²) in [6, 6.07) is 0.898. The van der Waals surface area contributed by atoms with E-state index in [0.29, 0.717) is 12.1 Å². The van der Waals surface area contributed by atoms with Gasteiger partial charge in [-0.25, -0.2) is 13.6 Å². The maximum atomic E-state index is 12.7. The zero-order valence-electron chi connectivity index (χ0n) is 8.60. The lowest BCUT2D eigenvalue weighted by molar-refractivity contribution is -0.164. The van der Waals surface area contributed by atoms with Gasteiger partial charge in [0.2, 0.25) is 10.0 Å². The van der Waals surface area contributed by atoms with Crippen molar-refractivity contribution in [3.05, 3.63) is 27.7 Å². The molecule has 0 atom stereocenters. The Labute approximate surface area is 111 Å². The highest BCUT2D eigenvalue weighted by Crippen LogP contribution is 2.46. The first-order chi connectivity index (χ1) is 8.26. The Bertz CT molecular complexity index is 607. The van der Waals surface area contributed by atoms with Crippen LogP contribution >= 0.6 is 15.9 Å². The normalized spacial score (nSPS) is 13.7. The Balaban J connectivity index is 3.93. The molecule has 0 aliphatic carbocycles. The number of sulfonamides is 1. The van der Waals surface area contributed by atoms with Crippen LogP contribution in [0.4, 0.5) is 26.3 Å². The second-order valence-corrected chi connectivity index (χ2v) is 5.72. The molecule has 1 aromatic rings. The molecule has 0 unspecified atom stereocenters. The van der Waals surface area contributed by atoms with Gasteiger partial charge in [-0.05, 0) is 12.1 Å². The van der Waals surface area contributed by atoms with Crippen LogP contribution in [0.1, 0.15) is 11.1 Å². The van der Waals surface area contributed by atoms with Crippen LogP contribution in [-0.4, -0.2) is 8.42 Å². The summed E-state index contributed by atoms with van der Waals surface area (Å²) >= 11 is 2.32. The first-order valence-electron chi connectivity index (χ1n) is 4.26. The Morgan fingerprint density at radius 2 is 1.37 bits per heavy atom. The molecule has 1 rings (SSSR count). The molecule has 0 saturated carbocycles. The van der Waals surface area contributed by atoms with E-state index in [1.807, 2.05) is 0 Å². The van der Waals surface area contributed by atoms with Gasteiger partial charge in [0.15, 0.2) is 0 Å². The summed E-state index contributed by atoms with van der Waals surface area (Å²) < 4.78 is 97.1. The van der Waals surface area contributed by atoms with E-state index < -0.39 is 42.9 Å². The molecule has 11 heteroatoms. The van der Waals surface area contributed by atoms with Gasteiger partial charge in [0, 0.05) is 4.47 Å². The van der Waals surface area contributed by atoms with E-state index in [0.717, 1.165) is 0 Å². The SMILES string of the molecule is NS(=O)(=O)c1ccc(Br)c(C(F)(F)F)c1C(F)(F)F. The largest absolute Gasteiger partial charge is 0.418 e. The fraction of sp³-hybridized carbons (Fsp3) is 0.250. The average Bonchev–Trinajstić information content (AvgIpc) is 2.11. The van der Waals surface area contributed by atoms with Crippen LogP contribution in [0.5, 0.6) is 0 Å². The first-order valence-corrected chi connectivity index (χ1v) is 6.60. The number of hydrogen-bond acceptors (Lipinski definition) is 2. The zero-order valence-corrected chi connectivity index (χ0v) is 11.0. The van der Waals surface area contributed by atoms with Gasteiger partial charge in [-0.15, -0.1) is 0 Å². The molecule has 1 aromatic carbocycles. The fourth-order valence-electron chi connectivity index (χ4n) is 1.35. The van der Waals surface area contributed by atoms with Crippen LogP contribution < -0.4 is 5.14 Å². The third-order valence-corrected chi connectivity index (χ3v) is 3.60. The Kier molecular flexibility index (Phi) is 3.96. The Hall–Kier alpha value is -0.810. The van der Waals surface area contributed by atoms with Gasteiger partial charge < -0.3 is 0 Å². The highest BCUT2D eigenvalue weighted by molar-refractivity contribution is 9.10. The van der Waals surface area contributed by atoms with Crippen LogP contribution in [-0.2, 0) is 22.4 Å². The van der Waals surface area contributed by atoms with E-state index in [-0.39, 0.29) is 0 Å². The summed E-state index contributed by atoms with van der Waals surface area (Å²) in [6.45, 7) is 0. The minimum absolute atomic E-state index is 0.359. The van der Waals surface area contributed by atoms with Gasteiger partial charge >= 0.3 is 12.4 Å². The van der Waals surface area contributed by atoms with Crippen molar-refractivity contribution in [2.24, 2.45) is 5.14 Å². The van der Waals surface area contributed by atoms with Crippen molar-refractivity contribution in [1.82, 2.24) is 0 Å². The minimum atomic E-state index is -5.53. The van der Waals surface area contributed by atoms with Crippen LogP contribution in [0.3, 0.4) is 0 Å². The molecule has 0 aliphatic rings. The highest BCUT2D eigenvalue weighted by atomic mass is 79.9. The lowest BCUT2D eigenvalue weighted by atomic mass is 10.1. The minimum Gasteiger partial charge on any atom is -0.225 e. The van der Waals surface area contributed by atoms with Crippen LogP contribution in [0, 0.1) is 0 Å². The van der Waals surface area contributed by atoms with Crippen LogP contribution in [0.2, 0.25) is 0 Å². The Morgan fingerprint density at radius 3 is 1.68 bits per heavy atom. The van der Waals surface area contributed by atoms with Gasteiger partial charge in [0.1, 0.15) is 0 Å². The zero-order chi connectivity index (χ0) is 15.2. The van der Waals surface area contributed by atoms with Crippen molar-refractivity contribution in [1.29, 1.82) is 0 Å². The molecule has 0 spiro atoms. The topological polar surface area (TPSA) is 60.2 Å². The predicted octanol–water partition coefficient (Wildman–Crippen LogP) is 3.13. The maximum Gasteiger partial charge on any atom is 0.418 e. The summed E-state index contributed by atoms with van der Waals surface area (Å²) in [5.74, 6) is 0. The number of halogens is 7. The van der Waals surface area contributed by atoms with Crippen LogP contribution in [0.25, 0.3) is 0 Å². The summed E-state index contributed by atoms with van der Waals surface area (Å²) in [4.78, 5) is -1.63. The summed E-state index contributed by atoms with van der Waals surface area (Å²) in [5.41, 5.74) is -4.47. The van der Waals surface area contributed by atoms with E-state index >= 15 is 0 Å². The van der Waals surface area contributed by atoms with Crippen molar-refractivity contribution < 1.29 is 34.8 Å². The number of rotatable bonds is 1. The maximum absolute atomic E-state index is 12.7. The molecule has 108 valence electrons. The lowest BCUT2D eigenvalue weighted by Crippen LogP contribution is -2.24. The predicted molar refractivity (Wildman–Crippen MR) is 55.5 cm³/mol. The molecule has 3 nitrogen and oxygen atoms in total. The van der Waals surface area contributed by atoms with Gasteiger partial charge in [-0.3, -0.25) is 0 Å². The van der Waals surface area contributed by atoms with E-state index in [1.165, 1.54) is 0 Å². The number of nitrogens with two attached hydrogens (primary N) is 1. The van der Waals surface area contributed by atoms with Crippen LogP contribution in [0.15, 0.2) is 21.5 Å². The van der Waals surface area contributed by atoms with Crippen molar-refractivity contribution in [3.63, 3.8) is 0 Å². The summed E-state index contributed by atoms with van der Waals surface area (Å²) in [5, 5.41) is 4.51. The molecule has 0 fully saturated rings. The third-order valence-electron chi connectivity index (χ3n) is 1.99. The van der Waals surface area contributed by atoms with Gasteiger partial charge in [-0.1, -0.05) is 15.9 Å². The molecule has 0 heterocycles. The average molecular weight is 372 g/mol. The number of primary sulfonamides is 1. The molecular weight excluding hydrogens is 368 g/mol. The van der Waals surface area contributed by atoms with Crippen molar-refractivity contribution in [3.8, 4) is 0 Å². The third kappa shape index (κ3) is 3.39. The van der Waals surface area contributed by atoms with Gasteiger partial charge in [-0.2, -0.15) is 26.3 Å². The second kappa shape index (κ2) is 4.63. The molecule has 0 radical (unpaired) electrons. The first kappa shape index (κ1) is 16.2. The number of alkyl halides is 6. The number of benzene rings is 1. The Morgan fingerprint density at radius 1 is 0.947 bits per heavy atom. The standard InChI is InChI=1S/C8H4BrF6NO2S/c9-3-1-2-4(19(16,17)18)6(8(13,14)15)5(3)7(10,11)12/h1-2H,(H2,16,17,18). The molecular formula is C8H4BrF6NO2S. The van der Waals surface area contributed by atoms with E-state index in [4.69, 9.17) is 0 Å². The smallest absolute Gasteiger partial charge is 0.225 e. The fourth-order valence-corrected chi connectivity index (χ4v) is 2.67. The van der Waals surface area contributed by atoms with Crippen molar-refractivity contribution in [2.75, 3.05) is 0 Å².